The third kappa shape index (κ3) is 1.97. The lowest BCUT2D eigenvalue weighted by molar-refractivity contribution is 0.320. The highest BCUT2D eigenvalue weighted by Crippen LogP contribution is 2.34. The Kier molecular flexibility index (Phi) is 2.99. The summed E-state index contributed by atoms with van der Waals surface area (Å²) in [5.41, 5.74) is 1.28. The number of hydrogen-bond acceptors (Lipinski definition) is 3. The molecule has 0 aliphatic carbocycles. The van der Waals surface area contributed by atoms with Crippen LogP contribution >= 0.6 is 11.3 Å². The molecule has 3 heteroatoms. The number of aryl methyl sites for hydroxylation is 1. The average Bonchev–Trinajstić information content (AvgIpc) is 2.77. The number of fused-ring (bicyclic) bond motifs is 3. The second-order valence-electron chi connectivity index (χ2n) is 4.27. The molecule has 2 nitrogen and oxygen atoms in total. The van der Waals surface area contributed by atoms with Crippen molar-refractivity contribution >= 4 is 37.7 Å². The summed E-state index contributed by atoms with van der Waals surface area (Å²) in [4.78, 5) is 0. The fourth-order valence-corrected chi connectivity index (χ4v) is 3.30. The van der Waals surface area contributed by atoms with Gasteiger partial charge in [0.15, 0.2) is 0 Å². The van der Waals surface area contributed by atoms with Gasteiger partial charge in [-0.25, -0.2) is 0 Å². The van der Waals surface area contributed by atoms with Gasteiger partial charge in [-0.1, -0.05) is 24.3 Å². The zero-order chi connectivity index (χ0) is 12.4. The van der Waals surface area contributed by atoms with Crippen LogP contribution in [0.5, 0.6) is 0 Å². The molecule has 0 unspecified atom stereocenters. The second kappa shape index (κ2) is 4.78. The SMILES string of the molecule is ON=CCCc1ccc2sc3ccccc3c2c1. The number of benzene rings is 2. The normalized spacial score (nSPS) is 11.8. The molecule has 0 saturated heterocycles. The van der Waals surface area contributed by atoms with E-state index < -0.39 is 0 Å². The van der Waals surface area contributed by atoms with Gasteiger partial charge in [0.2, 0.25) is 0 Å². The molecular weight excluding hydrogens is 242 g/mol. The Morgan fingerprint density at radius 3 is 2.78 bits per heavy atom. The first-order chi connectivity index (χ1) is 8.88. The van der Waals surface area contributed by atoms with Gasteiger partial charge in [0.1, 0.15) is 0 Å². The third-order valence-corrected chi connectivity index (χ3v) is 4.24. The molecule has 0 saturated carbocycles. The molecule has 90 valence electrons. The van der Waals surface area contributed by atoms with Crippen molar-refractivity contribution in [1.82, 2.24) is 0 Å². The largest absolute Gasteiger partial charge is 0.411 e. The first kappa shape index (κ1) is 11.2. The van der Waals surface area contributed by atoms with Crippen LogP contribution in [-0.4, -0.2) is 11.4 Å². The van der Waals surface area contributed by atoms with Gasteiger partial charge in [-0.15, -0.1) is 16.5 Å². The van der Waals surface area contributed by atoms with Gasteiger partial charge in [0.25, 0.3) is 0 Å². The maximum Gasteiger partial charge on any atom is 0.0439 e. The fourth-order valence-electron chi connectivity index (χ4n) is 2.22. The van der Waals surface area contributed by atoms with Crippen LogP contribution in [0.3, 0.4) is 0 Å². The number of thiophene rings is 1. The van der Waals surface area contributed by atoms with Crippen molar-refractivity contribution in [2.75, 3.05) is 0 Å². The molecule has 0 aliphatic heterocycles. The zero-order valence-electron chi connectivity index (χ0n) is 9.84. The Morgan fingerprint density at radius 2 is 1.89 bits per heavy atom. The minimum atomic E-state index is 0.768. The summed E-state index contributed by atoms with van der Waals surface area (Å²) in [6.07, 6.45) is 3.21. The van der Waals surface area contributed by atoms with Crippen LogP contribution < -0.4 is 0 Å². The van der Waals surface area contributed by atoms with Crippen molar-refractivity contribution < 1.29 is 5.21 Å². The van der Waals surface area contributed by atoms with E-state index in [9.17, 15) is 0 Å². The van der Waals surface area contributed by atoms with Crippen LogP contribution in [0.4, 0.5) is 0 Å². The van der Waals surface area contributed by atoms with Crippen LogP contribution in [-0.2, 0) is 6.42 Å². The molecule has 0 radical (unpaired) electrons. The van der Waals surface area contributed by atoms with Gasteiger partial charge in [0, 0.05) is 26.4 Å². The molecule has 1 aromatic heterocycles. The summed E-state index contributed by atoms with van der Waals surface area (Å²) in [6, 6.07) is 15.1. The molecule has 2 aromatic carbocycles. The smallest absolute Gasteiger partial charge is 0.0439 e. The molecule has 3 rings (SSSR count). The molecule has 0 spiro atoms. The lowest BCUT2D eigenvalue weighted by atomic mass is 10.1. The number of nitrogens with zero attached hydrogens (tertiary/aromatic N) is 1. The summed E-state index contributed by atoms with van der Waals surface area (Å²) in [6.45, 7) is 0. The summed E-state index contributed by atoms with van der Waals surface area (Å²) in [5.74, 6) is 0. The van der Waals surface area contributed by atoms with Crippen molar-refractivity contribution in [2.45, 2.75) is 12.8 Å². The summed E-state index contributed by atoms with van der Waals surface area (Å²) in [7, 11) is 0. The van der Waals surface area contributed by atoms with Crippen LogP contribution in [0.15, 0.2) is 47.6 Å². The minimum absolute atomic E-state index is 0.768. The third-order valence-electron chi connectivity index (χ3n) is 3.08. The Morgan fingerprint density at radius 1 is 1.06 bits per heavy atom. The predicted molar refractivity (Wildman–Crippen MR) is 77.9 cm³/mol. The average molecular weight is 255 g/mol. The lowest BCUT2D eigenvalue weighted by Crippen LogP contribution is -1.85. The number of hydrogen-bond donors (Lipinski definition) is 1. The highest BCUT2D eigenvalue weighted by molar-refractivity contribution is 7.25. The molecule has 0 atom stereocenters. The molecule has 0 amide bonds. The maximum atomic E-state index is 8.40. The van der Waals surface area contributed by atoms with E-state index in [-0.39, 0.29) is 0 Å². The zero-order valence-corrected chi connectivity index (χ0v) is 10.7. The van der Waals surface area contributed by atoms with E-state index in [2.05, 4.69) is 47.6 Å². The van der Waals surface area contributed by atoms with Crippen molar-refractivity contribution in [3.05, 3.63) is 48.0 Å². The molecule has 18 heavy (non-hydrogen) atoms. The van der Waals surface area contributed by atoms with Crippen molar-refractivity contribution in [1.29, 1.82) is 0 Å². The minimum Gasteiger partial charge on any atom is -0.411 e. The monoisotopic (exact) mass is 255 g/mol. The van der Waals surface area contributed by atoms with E-state index in [1.807, 2.05) is 11.3 Å². The molecular formula is C15H13NOS. The Labute approximate surface area is 109 Å². The van der Waals surface area contributed by atoms with Gasteiger partial charge in [-0.2, -0.15) is 0 Å². The Bertz CT molecular complexity index is 715. The fraction of sp³-hybridized carbons (Fsp3) is 0.133. The van der Waals surface area contributed by atoms with E-state index in [0.717, 1.165) is 12.8 Å². The van der Waals surface area contributed by atoms with Gasteiger partial charge < -0.3 is 5.21 Å². The molecule has 3 aromatic rings. The molecule has 0 aliphatic rings. The molecule has 1 heterocycles. The van der Waals surface area contributed by atoms with Gasteiger partial charge in [-0.05, 0) is 36.6 Å². The Hall–Kier alpha value is -1.87. The number of oxime groups is 1. The van der Waals surface area contributed by atoms with Gasteiger partial charge >= 0.3 is 0 Å². The summed E-state index contributed by atoms with van der Waals surface area (Å²) in [5, 5.41) is 14.1. The second-order valence-corrected chi connectivity index (χ2v) is 5.35. The van der Waals surface area contributed by atoms with E-state index in [4.69, 9.17) is 5.21 Å². The van der Waals surface area contributed by atoms with Crippen molar-refractivity contribution in [2.24, 2.45) is 5.16 Å². The number of rotatable bonds is 3. The van der Waals surface area contributed by atoms with Crippen LogP contribution in [0.2, 0.25) is 0 Å². The van der Waals surface area contributed by atoms with Gasteiger partial charge in [0.05, 0.1) is 0 Å². The lowest BCUT2D eigenvalue weighted by Gasteiger charge is -1.98. The quantitative estimate of drug-likeness (QED) is 0.418. The standard InChI is InChI=1S/C15H13NOS/c17-16-9-3-4-11-7-8-15-13(10-11)12-5-1-2-6-14(12)18-15/h1-2,5-10,17H,3-4H2. The molecule has 0 fully saturated rings. The highest BCUT2D eigenvalue weighted by atomic mass is 32.1. The molecule has 0 bridgehead atoms. The first-order valence-corrected chi connectivity index (χ1v) is 6.76. The van der Waals surface area contributed by atoms with Crippen molar-refractivity contribution in [3.8, 4) is 0 Å². The summed E-state index contributed by atoms with van der Waals surface area (Å²) >= 11 is 1.83. The first-order valence-electron chi connectivity index (χ1n) is 5.94. The van der Waals surface area contributed by atoms with Crippen LogP contribution in [0.25, 0.3) is 20.2 Å². The van der Waals surface area contributed by atoms with E-state index in [0.29, 0.717) is 0 Å². The molecule has 1 N–H and O–H groups in total. The van der Waals surface area contributed by atoms with Gasteiger partial charge in [-0.3, -0.25) is 0 Å². The maximum absolute atomic E-state index is 8.40. The van der Waals surface area contributed by atoms with Crippen LogP contribution in [0, 0.1) is 0 Å². The highest BCUT2D eigenvalue weighted by Gasteiger charge is 2.04. The summed E-state index contributed by atoms with van der Waals surface area (Å²) < 4.78 is 2.66. The topological polar surface area (TPSA) is 32.6 Å². The van der Waals surface area contributed by atoms with Crippen LogP contribution in [0.1, 0.15) is 12.0 Å². The Balaban J connectivity index is 2.07. The van der Waals surface area contributed by atoms with E-state index >= 15 is 0 Å². The van der Waals surface area contributed by atoms with Crippen molar-refractivity contribution in [3.63, 3.8) is 0 Å². The predicted octanol–water partition coefficient (Wildman–Crippen LogP) is 4.45. The van der Waals surface area contributed by atoms with E-state index in [1.54, 1.807) is 0 Å². The van der Waals surface area contributed by atoms with E-state index in [1.165, 1.54) is 32.0 Å².